The van der Waals surface area contributed by atoms with E-state index >= 15 is 0 Å². The molecule has 2 rings (SSSR count). The van der Waals surface area contributed by atoms with Crippen LogP contribution in [0.15, 0.2) is 16.6 Å². The Balaban J connectivity index is 2.17. The molecule has 0 radical (unpaired) electrons. The second-order valence-corrected chi connectivity index (χ2v) is 4.97. The summed E-state index contributed by atoms with van der Waals surface area (Å²) in [6, 6.07) is 4.09. The molecule has 1 aliphatic heterocycles. The molecule has 4 heteroatoms. The van der Waals surface area contributed by atoms with Crippen LogP contribution in [-0.4, -0.2) is 24.8 Å². The maximum Gasteiger partial charge on any atom is 0.136 e. The number of nitrogens with one attached hydrogen (secondary N) is 1. The minimum absolute atomic E-state index is 0.314. The van der Waals surface area contributed by atoms with E-state index in [1.165, 1.54) is 12.8 Å². The highest BCUT2D eigenvalue weighted by atomic mass is 79.9. The molecule has 16 heavy (non-hydrogen) atoms. The van der Waals surface area contributed by atoms with Crippen molar-refractivity contribution in [3.05, 3.63) is 22.2 Å². The van der Waals surface area contributed by atoms with Crippen LogP contribution in [0.5, 0.6) is 11.5 Å². The van der Waals surface area contributed by atoms with E-state index in [1.54, 1.807) is 13.2 Å². The Kier molecular flexibility index (Phi) is 3.71. The summed E-state index contributed by atoms with van der Waals surface area (Å²) in [5.74, 6) is 0.981. The Hall–Kier alpha value is -0.740. The highest BCUT2D eigenvalue weighted by Gasteiger charge is 2.17. The molecule has 3 nitrogen and oxygen atoms in total. The van der Waals surface area contributed by atoms with Gasteiger partial charge in [-0.2, -0.15) is 0 Å². The normalized spacial score (nSPS) is 20.0. The van der Waals surface area contributed by atoms with Crippen LogP contribution in [0, 0.1) is 0 Å². The number of aromatic hydroxyl groups is 1. The first-order chi connectivity index (χ1) is 7.70. The zero-order valence-electron chi connectivity index (χ0n) is 9.29. The van der Waals surface area contributed by atoms with E-state index in [0.717, 1.165) is 23.0 Å². The predicted molar refractivity (Wildman–Crippen MR) is 67.1 cm³/mol. The largest absolute Gasteiger partial charge is 0.508 e. The number of hydrogen-bond acceptors (Lipinski definition) is 3. The van der Waals surface area contributed by atoms with Crippen molar-refractivity contribution in [2.24, 2.45) is 0 Å². The fourth-order valence-electron chi connectivity index (χ4n) is 2.10. The number of benzene rings is 1. The van der Waals surface area contributed by atoms with Gasteiger partial charge in [-0.3, -0.25) is 0 Å². The maximum atomic E-state index is 9.88. The van der Waals surface area contributed by atoms with Gasteiger partial charge in [-0.05, 0) is 53.4 Å². The summed E-state index contributed by atoms with van der Waals surface area (Å²) in [5, 5.41) is 13.3. The highest BCUT2D eigenvalue weighted by molar-refractivity contribution is 9.10. The fraction of sp³-hybridized carbons (Fsp3) is 0.500. The lowest BCUT2D eigenvalue weighted by atomic mass is 10.0. The average Bonchev–Trinajstić information content (AvgIpc) is 2.75. The second-order valence-electron chi connectivity index (χ2n) is 4.11. The van der Waals surface area contributed by atoms with Gasteiger partial charge in [-0.25, -0.2) is 0 Å². The molecule has 1 unspecified atom stereocenters. The summed E-state index contributed by atoms with van der Waals surface area (Å²) in [5.41, 5.74) is 0.965. The molecule has 2 N–H and O–H groups in total. The van der Waals surface area contributed by atoms with Gasteiger partial charge in [0, 0.05) is 12.1 Å². The maximum absolute atomic E-state index is 9.88. The van der Waals surface area contributed by atoms with Gasteiger partial charge in [0.05, 0.1) is 11.6 Å². The molecule has 0 aliphatic carbocycles. The lowest BCUT2D eigenvalue weighted by Crippen LogP contribution is -2.23. The fourth-order valence-corrected chi connectivity index (χ4v) is 2.65. The molecule has 1 aromatic rings. The lowest BCUT2D eigenvalue weighted by Gasteiger charge is -2.13. The Bertz CT molecular complexity index is 376. The molecule has 0 amide bonds. The van der Waals surface area contributed by atoms with Gasteiger partial charge >= 0.3 is 0 Å². The van der Waals surface area contributed by atoms with E-state index in [9.17, 15) is 5.11 Å². The van der Waals surface area contributed by atoms with Crippen molar-refractivity contribution in [3.8, 4) is 11.5 Å². The summed E-state index contributed by atoms with van der Waals surface area (Å²) in [6.07, 6.45) is 3.28. The van der Waals surface area contributed by atoms with Crippen LogP contribution in [0.1, 0.15) is 18.4 Å². The van der Waals surface area contributed by atoms with Crippen molar-refractivity contribution < 1.29 is 9.84 Å². The van der Waals surface area contributed by atoms with Crippen molar-refractivity contribution in [3.63, 3.8) is 0 Å². The Morgan fingerprint density at radius 3 is 3.00 bits per heavy atom. The Morgan fingerprint density at radius 1 is 1.56 bits per heavy atom. The summed E-state index contributed by atoms with van der Waals surface area (Å²) >= 11 is 3.43. The van der Waals surface area contributed by atoms with Crippen molar-refractivity contribution in [2.45, 2.75) is 25.3 Å². The van der Waals surface area contributed by atoms with Crippen LogP contribution in [0.4, 0.5) is 0 Å². The summed E-state index contributed by atoms with van der Waals surface area (Å²) in [7, 11) is 1.59. The van der Waals surface area contributed by atoms with E-state index in [4.69, 9.17) is 4.74 Å². The zero-order valence-corrected chi connectivity index (χ0v) is 10.9. The summed E-state index contributed by atoms with van der Waals surface area (Å²) in [6.45, 7) is 1.09. The van der Waals surface area contributed by atoms with Gasteiger partial charge in [-0.15, -0.1) is 0 Å². The van der Waals surface area contributed by atoms with Crippen LogP contribution in [-0.2, 0) is 6.42 Å². The average molecular weight is 286 g/mol. The van der Waals surface area contributed by atoms with E-state index < -0.39 is 0 Å². The van der Waals surface area contributed by atoms with Crippen molar-refractivity contribution >= 4 is 15.9 Å². The van der Waals surface area contributed by atoms with Gasteiger partial charge in [0.15, 0.2) is 0 Å². The number of phenols is 1. The van der Waals surface area contributed by atoms with E-state index in [2.05, 4.69) is 21.2 Å². The molecule has 0 aromatic heterocycles. The molecular formula is C12H16BrNO2. The predicted octanol–water partition coefficient (Wildman–Crippen LogP) is 2.46. The first-order valence-corrected chi connectivity index (χ1v) is 6.28. The van der Waals surface area contributed by atoms with Crippen molar-refractivity contribution in [2.75, 3.05) is 13.7 Å². The topological polar surface area (TPSA) is 41.5 Å². The third-order valence-corrected chi connectivity index (χ3v) is 3.60. The van der Waals surface area contributed by atoms with Gasteiger partial charge in [0.2, 0.25) is 0 Å². The molecule has 0 saturated carbocycles. The SMILES string of the molecule is COc1cc(O)c(CC2CCCN2)cc1Br. The molecule has 1 fully saturated rings. The third-order valence-electron chi connectivity index (χ3n) is 2.98. The molecule has 1 heterocycles. The number of phenolic OH excluding ortho intramolecular Hbond substituents is 1. The molecule has 0 spiro atoms. The van der Waals surface area contributed by atoms with Crippen LogP contribution < -0.4 is 10.1 Å². The molecule has 1 aliphatic rings. The number of rotatable bonds is 3. The quantitative estimate of drug-likeness (QED) is 0.897. The first kappa shape index (κ1) is 11.7. The highest BCUT2D eigenvalue weighted by Crippen LogP contribution is 2.33. The zero-order chi connectivity index (χ0) is 11.5. The van der Waals surface area contributed by atoms with Gasteiger partial charge in [0.1, 0.15) is 11.5 Å². The van der Waals surface area contributed by atoms with E-state index in [1.807, 2.05) is 6.07 Å². The van der Waals surface area contributed by atoms with Crippen molar-refractivity contribution in [1.29, 1.82) is 0 Å². The number of hydrogen-bond donors (Lipinski definition) is 2. The van der Waals surface area contributed by atoms with Crippen LogP contribution in [0.2, 0.25) is 0 Å². The van der Waals surface area contributed by atoms with Crippen molar-refractivity contribution in [1.82, 2.24) is 5.32 Å². The monoisotopic (exact) mass is 285 g/mol. The van der Waals surface area contributed by atoms with Crippen LogP contribution in [0.3, 0.4) is 0 Å². The smallest absolute Gasteiger partial charge is 0.136 e. The minimum atomic E-state index is 0.314. The molecule has 1 saturated heterocycles. The molecule has 0 bridgehead atoms. The second kappa shape index (κ2) is 5.06. The Morgan fingerprint density at radius 2 is 2.38 bits per heavy atom. The number of ether oxygens (including phenoxy) is 1. The minimum Gasteiger partial charge on any atom is -0.508 e. The number of halogens is 1. The Labute approximate surface area is 104 Å². The molecular weight excluding hydrogens is 270 g/mol. The molecule has 1 atom stereocenters. The van der Waals surface area contributed by atoms with E-state index in [-0.39, 0.29) is 0 Å². The lowest BCUT2D eigenvalue weighted by molar-refractivity contribution is 0.403. The van der Waals surface area contributed by atoms with Gasteiger partial charge < -0.3 is 15.2 Å². The van der Waals surface area contributed by atoms with Gasteiger partial charge in [0.25, 0.3) is 0 Å². The summed E-state index contributed by atoms with van der Waals surface area (Å²) < 4.78 is 6.02. The van der Waals surface area contributed by atoms with Crippen LogP contribution in [0.25, 0.3) is 0 Å². The van der Waals surface area contributed by atoms with Gasteiger partial charge in [-0.1, -0.05) is 0 Å². The number of methoxy groups -OCH3 is 1. The summed E-state index contributed by atoms with van der Waals surface area (Å²) in [4.78, 5) is 0. The van der Waals surface area contributed by atoms with Crippen LogP contribution >= 0.6 is 15.9 Å². The molecule has 1 aromatic carbocycles. The van der Waals surface area contributed by atoms with E-state index in [0.29, 0.717) is 17.5 Å². The standard InChI is InChI=1S/C12H16BrNO2/c1-16-12-7-11(15)8(6-10(12)13)5-9-3-2-4-14-9/h6-7,9,14-15H,2-5H2,1H3. The molecule has 88 valence electrons. The first-order valence-electron chi connectivity index (χ1n) is 5.49. The third kappa shape index (κ3) is 2.50.